The van der Waals surface area contributed by atoms with Crippen LogP contribution < -0.4 is 0 Å². The second kappa shape index (κ2) is 7.22. The third kappa shape index (κ3) is 3.74. The average Bonchev–Trinajstić information content (AvgIpc) is 2.81. The number of carbonyl (C=O) groups excluding carboxylic acids is 1. The summed E-state index contributed by atoms with van der Waals surface area (Å²) in [7, 11) is 1.58. The van der Waals surface area contributed by atoms with Crippen molar-refractivity contribution in [2.75, 3.05) is 13.6 Å². The largest absolute Gasteiger partial charge is 0.343 e. The average molecular weight is 324 g/mol. The molecule has 0 fully saturated rings. The van der Waals surface area contributed by atoms with Crippen LogP contribution in [0, 0.1) is 11.3 Å². The molecule has 0 aliphatic rings. The Kier molecular flexibility index (Phi) is 5.33. The molecule has 0 unspecified atom stereocenters. The predicted molar refractivity (Wildman–Crippen MR) is 79.5 cm³/mol. The molecule has 2 rings (SSSR count). The van der Waals surface area contributed by atoms with Gasteiger partial charge in [0.2, 0.25) is 5.91 Å². The molecule has 22 heavy (non-hydrogen) atoms. The van der Waals surface area contributed by atoms with Gasteiger partial charge in [-0.25, -0.2) is 4.98 Å². The predicted octanol–water partition coefficient (Wildman–Crippen LogP) is 2.72. The van der Waals surface area contributed by atoms with Gasteiger partial charge in [0.25, 0.3) is 5.76 Å². The maximum Gasteiger partial charge on any atom is 0.291 e. The molecule has 1 amide bonds. The highest BCUT2D eigenvalue weighted by Crippen LogP contribution is 2.28. The van der Waals surface area contributed by atoms with E-state index in [0.717, 1.165) is 0 Å². The molecule has 0 spiro atoms. The van der Waals surface area contributed by atoms with Crippen LogP contribution in [0.25, 0.3) is 11.0 Å². The fourth-order valence-electron chi connectivity index (χ4n) is 1.97. The number of fused-ring (bicyclic) bond motifs is 1. The van der Waals surface area contributed by atoms with Gasteiger partial charge in [0.05, 0.1) is 23.5 Å². The van der Waals surface area contributed by atoms with Crippen molar-refractivity contribution in [3.8, 4) is 6.07 Å². The Morgan fingerprint density at radius 2 is 2.23 bits per heavy atom. The van der Waals surface area contributed by atoms with E-state index in [1.54, 1.807) is 31.3 Å². The number of halogens is 2. The number of benzene rings is 1. The van der Waals surface area contributed by atoms with E-state index in [-0.39, 0.29) is 24.0 Å². The Morgan fingerprint density at radius 3 is 2.91 bits per heavy atom. The molecule has 8 heteroatoms. The van der Waals surface area contributed by atoms with Crippen LogP contribution in [0.2, 0.25) is 0 Å². The minimum Gasteiger partial charge on any atom is -0.343 e. The highest BCUT2D eigenvalue weighted by molar-refractivity contribution is 7.99. The zero-order valence-electron chi connectivity index (χ0n) is 11.9. The second-order valence-electron chi connectivity index (χ2n) is 4.57. The van der Waals surface area contributed by atoms with E-state index >= 15 is 0 Å². The van der Waals surface area contributed by atoms with E-state index in [0.29, 0.717) is 29.3 Å². The van der Waals surface area contributed by atoms with E-state index in [1.165, 1.54) is 9.47 Å². The first-order valence-electron chi connectivity index (χ1n) is 6.54. The molecular formula is C14H14F2N4OS. The van der Waals surface area contributed by atoms with E-state index in [2.05, 4.69) is 4.98 Å². The Morgan fingerprint density at radius 1 is 1.50 bits per heavy atom. The van der Waals surface area contributed by atoms with Crippen molar-refractivity contribution in [2.24, 2.45) is 0 Å². The number of likely N-dealkylation sites (N-methyl/N-ethyl adjacent to an activating group) is 1. The molecule has 1 heterocycles. The summed E-state index contributed by atoms with van der Waals surface area (Å²) < 4.78 is 26.8. The summed E-state index contributed by atoms with van der Waals surface area (Å²) >= 11 is 0.318. The van der Waals surface area contributed by atoms with Gasteiger partial charge < -0.3 is 9.47 Å². The summed E-state index contributed by atoms with van der Waals surface area (Å²) in [5, 5.41) is 8.66. The SMILES string of the molecule is CN(CCC#N)C(=O)Cn1c(SC(F)F)nc2ccccc21. The topological polar surface area (TPSA) is 61.9 Å². The zero-order chi connectivity index (χ0) is 16.1. The van der Waals surface area contributed by atoms with Crippen LogP contribution in [-0.4, -0.2) is 39.7 Å². The number of amides is 1. The number of hydrogen-bond acceptors (Lipinski definition) is 4. The van der Waals surface area contributed by atoms with Crippen LogP contribution in [0.3, 0.4) is 0 Å². The molecule has 0 N–H and O–H groups in total. The summed E-state index contributed by atoms with van der Waals surface area (Å²) in [5.41, 5.74) is 1.20. The number of hydrogen-bond donors (Lipinski definition) is 0. The van der Waals surface area contributed by atoms with E-state index < -0.39 is 5.76 Å². The smallest absolute Gasteiger partial charge is 0.291 e. The summed E-state index contributed by atoms with van der Waals surface area (Å²) in [4.78, 5) is 17.7. The van der Waals surface area contributed by atoms with Gasteiger partial charge in [0.1, 0.15) is 6.54 Å². The highest BCUT2D eigenvalue weighted by atomic mass is 32.2. The van der Waals surface area contributed by atoms with Crippen molar-refractivity contribution in [3.05, 3.63) is 24.3 Å². The lowest BCUT2D eigenvalue weighted by molar-refractivity contribution is -0.130. The number of nitriles is 1. The summed E-state index contributed by atoms with van der Waals surface area (Å²) in [6.07, 6.45) is 0.228. The number of rotatable bonds is 6. The standard InChI is InChI=1S/C14H14F2N4OS/c1-19(8-4-7-17)12(21)9-20-11-6-3-2-5-10(11)18-14(20)22-13(15)16/h2-3,5-6,13H,4,8-9H2,1H3. The van der Waals surface area contributed by atoms with Gasteiger partial charge in [-0.2, -0.15) is 14.0 Å². The molecule has 0 aliphatic heterocycles. The molecule has 116 valence electrons. The van der Waals surface area contributed by atoms with Crippen LogP contribution in [0.1, 0.15) is 6.42 Å². The lowest BCUT2D eigenvalue weighted by atomic mass is 10.3. The van der Waals surface area contributed by atoms with E-state index in [4.69, 9.17) is 5.26 Å². The molecule has 0 bridgehead atoms. The van der Waals surface area contributed by atoms with E-state index in [9.17, 15) is 13.6 Å². The Labute approximate surface area is 130 Å². The molecule has 1 aromatic heterocycles. The Bertz CT molecular complexity index is 710. The van der Waals surface area contributed by atoms with Gasteiger partial charge in [-0.3, -0.25) is 4.79 Å². The highest BCUT2D eigenvalue weighted by Gasteiger charge is 2.19. The lowest BCUT2D eigenvalue weighted by Crippen LogP contribution is -2.31. The van der Waals surface area contributed by atoms with Crippen LogP contribution in [0.15, 0.2) is 29.4 Å². The number of alkyl halides is 2. The van der Waals surface area contributed by atoms with E-state index in [1.807, 2.05) is 6.07 Å². The maximum atomic E-state index is 12.7. The summed E-state index contributed by atoms with van der Waals surface area (Å²) in [6.45, 7) is 0.219. The zero-order valence-corrected chi connectivity index (χ0v) is 12.7. The van der Waals surface area contributed by atoms with Gasteiger partial charge in [0, 0.05) is 13.6 Å². The first-order valence-corrected chi connectivity index (χ1v) is 7.42. The molecule has 0 saturated heterocycles. The first kappa shape index (κ1) is 16.2. The molecule has 0 aliphatic carbocycles. The van der Waals surface area contributed by atoms with Crippen molar-refractivity contribution >= 4 is 28.7 Å². The van der Waals surface area contributed by atoms with Crippen molar-refractivity contribution in [2.45, 2.75) is 23.9 Å². The second-order valence-corrected chi connectivity index (χ2v) is 5.53. The van der Waals surface area contributed by atoms with Crippen LogP contribution >= 0.6 is 11.8 Å². The number of para-hydroxylation sites is 2. The van der Waals surface area contributed by atoms with Gasteiger partial charge in [-0.1, -0.05) is 12.1 Å². The summed E-state index contributed by atoms with van der Waals surface area (Å²) in [5.74, 6) is -2.86. The van der Waals surface area contributed by atoms with Gasteiger partial charge in [-0.15, -0.1) is 0 Å². The number of thioether (sulfide) groups is 1. The van der Waals surface area contributed by atoms with Crippen molar-refractivity contribution in [1.29, 1.82) is 5.26 Å². The third-order valence-electron chi connectivity index (χ3n) is 3.09. The van der Waals surface area contributed by atoms with Crippen LogP contribution in [-0.2, 0) is 11.3 Å². The van der Waals surface area contributed by atoms with Crippen molar-refractivity contribution in [3.63, 3.8) is 0 Å². The lowest BCUT2D eigenvalue weighted by Gasteiger charge is -2.17. The monoisotopic (exact) mass is 324 g/mol. The number of aromatic nitrogens is 2. The molecule has 0 saturated carbocycles. The molecule has 5 nitrogen and oxygen atoms in total. The Hall–Kier alpha value is -2.14. The number of nitrogens with zero attached hydrogens (tertiary/aromatic N) is 4. The molecule has 1 aromatic carbocycles. The van der Waals surface area contributed by atoms with Crippen LogP contribution in [0.5, 0.6) is 0 Å². The molecule has 0 atom stereocenters. The Balaban J connectivity index is 2.28. The quantitative estimate of drug-likeness (QED) is 0.767. The van der Waals surface area contributed by atoms with Gasteiger partial charge >= 0.3 is 0 Å². The van der Waals surface area contributed by atoms with Crippen molar-refractivity contribution < 1.29 is 13.6 Å². The maximum absolute atomic E-state index is 12.7. The minimum absolute atomic E-state index is 0.0858. The fourth-order valence-corrected chi connectivity index (χ4v) is 2.57. The molecule has 0 radical (unpaired) electrons. The van der Waals surface area contributed by atoms with Crippen LogP contribution in [0.4, 0.5) is 8.78 Å². The number of carbonyl (C=O) groups is 1. The minimum atomic E-state index is -2.61. The van der Waals surface area contributed by atoms with Crippen molar-refractivity contribution in [1.82, 2.24) is 14.5 Å². The third-order valence-corrected chi connectivity index (χ3v) is 3.79. The van der Waals surface area contributed by atoms with Gasteiger partial charge in [0.15, 0.2) is 5.16 Å². The molecule has 2 aromatic rings. The normalized spacial score (nSPS) is 10.9. The summed E-state index contributed by atoms with van der Waals surface area (Å²) in [6, 6.07) is 8.94. The fraction of sp³-hybridized carbons (Fsp3) is 0.357. The number of imidazole rings is 1. The molecular weight excluding hydrogens is 310 g/mol. The first-order chi connectivity index (χ1) is 10.5. The van der Waals surface area contributed by atoms with Gasteiger partial charge in [-0.05, 0) is 23.9 Å².